The first-order valence-electron chi connectivity index (χ1n) is 16.4. The highest BCUT2D eigenvalue weighted by molar-refractivity contribution is 6.02. The number of ether oxygens (including phenoxy) is 4. The molecule has 1 fully saturated rings. The molecule has 2 aromatic carbocycles. The van der Waals surface area contributed by atoms with Crippen LogP contribution in [0.1, 0.15) is 54.6 Å². The van der Waals surface area contributed by atoms with Crippen molar-refractivity contribution in [2.75, 3.05) is 40.5 Å². The fraction of sp³-hybridized carbons (Fsp3) is 0.444. The summed E-state index contributed by atoms with van der Waals surface area (Å²) in [5.41, 5.74) is 2.56. The number of carbonyl (C=O) groups is 3. The monoisotopic (exact) mass is 657 g/mol. The predicted octanol–water partition coefficient (Wildman–Crippen LogP) is 3.46. The fourth-order valence-corrected chi connectivity index (χ4v) is 6.24. The van der Waals surface area contributed by atoms with Gasteiger partial charge in [-0.3, -0.25) is 24.3 Å². The number of hydrogen-bond acceptors (Lipinski definition) is 9. The normalized spacial score (nSPS) is 19.4. The number of nitrogens with one attached hydrogen (secondary N) is 3. The molecule has 3 amide bonds. The Labute approximate surface area is 280 Å². The van der Waals surface area contributed by atoms with E-state index in [-0.39, 0.29) is 17.7 Å². The van der Waals surface area contributed by atoms with E-state index in [0.29, 0.717) is 92.6 Å². The van der Waals surface area contributed by atoms with E-state index in [2.05, 4.69) is 25.8 Å². The molecule has 12 nitrogen and oxygen atoms in total. The highest BCUT2D eigenvalue weighted by Gasteiger charge is 2.52. The number of amides is 3. The second-order valence-electron chi connectivity index (χ2n) is 13.0. The second-order valence-corrected chi connectivity index (χ2v) is 13.0. The van der Waals surface area contributed by atoms with Crippen LogP contribution in [0.5, 0.6) is 23.0 Å². The molecule has 2 aliphatic heterocycles. The maximum absolute atomic E-state index is 13.5. The highest BCUT2D eigenvalue weighted by atomic mass is 16.6. The van der Waals surface area contributed by atoms with E-state index in [1.54, 1.807) is 26.5 Å². The molecule has 12 heteroatoms. The Kier molecular flexibility index (Phi) is 9.72. The Bertz CT molecular complexity index is 1690. The third-order valence-electron chi connectivity index (χ3n) is 8.86. The van der Waals surface area contributed by atoms with Crippen LogP contribution in [0, 0.1) is 5.92 Å². The summed E-state index contributed by atoms with van der Waals surface area (Å²) in [5.74, 6) is 1.59. The van der Waals surface area contributed by atoms with Crippen LogP contribution in [0.15, 0.2) is 48.8 Å². The average Bonchev–Trinajstić information content (AvgIpc) is 3.87. The topological polar surface area (TPSA) is 140 Å². The first kappa shape index (κ1) is 33.1. The van der Waals surface area contributed by atoms with Gasteiger partial charge in [0, 0.05) is 49.7 Å². The van der Waals surface area contributed by atoms with Crippen LogP contribution < -0.4 is 34.9 Å². The van der Waals surface area contributed by atoms with Gasteiger partial charge < -0.3 is 34.9 Å². The summed E-state index contributed by atoms with van der Waals surface area (Å²) in [6.07, 6.45) is 4.58. The Balaban J connectivity index is 1.38. The van der Waals surface area contributed by atoms with Crippen molar-refractivity contribution in [3.63, 3.8) is 0 Å². The largest absolute Gasteiger partial charge is 0.493 e. The molecular formula is C36H43N5O7. The lowest BCUT2D eigenvalue weighted by atomic mass is 10.00. The lowest BCUT2D eigenvalue weighted by Crippen LogP contribution is -2.55. The standard InChI is InChI=1S/C36H43N5O7/c1-22(2)13-28-34(43)38-9-10-41(20-23-5-6-29-30(15-23)48-12-11-47-29)21-24-14-27(32(46-4)31(16-24)45-3)25-17-26(19-37-18-25)33(42)40-36(7-8-36)35(44)39-28/h5-6,14-19,22,28H,7-13,20-21H2,1-4H3,(H,38,43)(H,39,44)(H,40,42)/t28-/m1/s1. The van der Waals surface area contributed by atoms with Crippen LogP contribution in [-0.2, 0) is 22.7 Å². The molecule has 254 valence electrons. The summed E-state index contributed by atoms with van der Waals surface area (Å²) in [4.78, 5) is 47.2. The van der Waals surface area contributed by atoms with Gasteiger partial charge >= 0.3 is 0 Å². The predicted molar refractivity (Wildman–Crippen MR) is 178 cm³/mol. The lowest BCUT2D eigenvalue weighted by molar-refractivity contribution is -0.130. The van der Waals surface area contributed by atoms with E-state index in [4.69, 9.17) is 18.9 Å². The molecule has 4 bridgehead atoms. The number of carbonyl (C=O) groups excluding carboxylic acids is 3. The molecule has 1 atom stereocenters. The van der Waals surface area contributed by atoms with Gasteiger partial charge in [-0.1, -0.05) is 19.9 Å². The fourth-order valence-electron chi connectivity index (χ4n) is 6.24. The van der Waals surface area contributed by atoms with Gasteiger partial charge in [0.1, 0.15) is 24.8 Å². The zero-order valence-corrected chi connectivity index (χ0v) is 27.9. The van der Waals surface area contributed by atoms with E-state index >= 15 is 0 Å². The van der Waals surface area contributed by atoms with E-state index in [0.717, 1.165) is 16.9 Å². The molecule has 0 radical (unpaired) electrons. The van der Waals surface area contributed by atoms with Gasteiger partial charge in [0.05, 0.1) is 19.8 Å². The van der Waals surface area contributed by atoms with Crippen molar-refractivity contribution in [1.82, 2.24) is 25.8 Å². The van der Waals surface area contributed by atoms with Crippen molar-refractivity contribution < 1.29 is 33.3 Å². The molecule has 48 heavy (non-hydrogen) atoms. The van der Waals surface area contributed by atoms with Crippen molar-refractivity contribution in [2.45, 2.75) is 57.8 Å². The average molecular weight is 658 g/mol. The van der Waals surface area contributed by atoms with Crippen LogP contribution in [0.2, 0.25) is 0 Å². The van der Waals surface area contributed by atoms with Gasteiger partial charge in [-0.25, -0.2) is 0 Å². The number of aromatic nitrogens is 1. The number of methoxy groups -OCH3 is 2. The number of rotatable bonds is 6. The zero-order valence-electron chi connectivity index (χ0n) is 27.9. The lowest BCUT2D eigenvalue weighted by Gasteiger charge is -2.27. The van der Waals surface area contributed by atoms with Crippen LogP contribution in [-0.4, -0.2) is 79.7 Å². The van der Waals surface area contributed by atoms with E-state index in [1.165, 1.54) is 6.20 Å². The Morgan fingerprint density at radius 1 is 0.979 bits per heavy atom. The molecular weight excluding hydrogens is 614 g/mol. The van der Waals surface area contributed by atoms with Crippen LogP contribution in [0.3, 0.4) is 0 Å². The highest BCUT2D eigenvalue weighted by Crippen LogP contribution is 2.40. The summed E-state index contributed by atoms with van der Waals surface area (Å²) in [6, 6.07) is 10.9. The zero-order chi connectivity index (χ0) is 33.8. The van der Waals surface area contributed by atoms with Crippen molar-refractivity contribution in [3.05, 3.63) is 65.5 Å². The first-order valence-corrected chi connectivity index (χ1v) is 16.4. The van der Waals surface area contributed by atoms with Crippen molar-refractivity contribution >= 4 is 17.7 Å². The van der Waals surface area contributed by atoms with Crippen molar-refractivity contribution in [3.8, 4) is 34.1 Å². The van der Waals surface area contributed by atoms with Gasteiger partial charge in [-0.2, -0.15) is 0 Å². The Morgan fingerprint density at radius 2 is 1.75 bits per heavy atom. The molecule has 3 aromatic rings. The molecule has 6 rings (SSSR count). The number of benzene rings is 2. The van der Waals surface area contributed by atoms with Crippen molar-refractivity contribution in [1.29, 1.82) is 0 Å². The molecule has 1 spiro atoms. The summed E-state index contributed by atoms with van der Waals surface area (Å²) < 4.78 is 23.1. The second kappa shape index (κ2) is 14.1. The van der Waals surface area contributed by atoms with E-state index < -0.39 is 17.5 Å². The van der Waals surface area contributed by atoms with Gasteiger partial charge in [-0.05, 0) is 66.6 Å². The summed E-state index contributed by atoms with van der Waals surface area (Å²) >= 11 is 0. The summed E-state index contributed by atoms with van der Waals surface area (Å²) in [7, 11) is 3.16. The van der Waals surface area contributed by atoms with Gasteiger partial charge in [-0.15, -0.1) is 0 Å². The minimum atomic E-state index is -1.07. The van der Waals surface area contributed by atoms with Crippen molar-refractivity contribution in [2.24, 2.45) is 5.92 Å². The number of hydrogen-bond donors (Lipinski definition) is 3. The number of pyridine rings is 1. The summed E-state index contributed by atoms with van der Waals surface area (Å²) in [5, 5.41) is 8.92. The molecule has 0 saturated heterocycles. The summed E-state index contributed by atoms with van der Waals surface area (Å²) in [6.45, 7) is 6.95. The maximum atomic E-state index is 13.5. The molecule has 1 aliphatic carbocycles. The van der Waals surface area contributed by atoms with Gasteiger partial charge in [0.2, 0.25) is 11.8 Å². The Morgan fingerprint density at radius 3 is 2.48 bits per heavy atom. The molecule has 1 aromatic heterocycles. The Hall–Kier alpha value is -4.84. The van der Waals surface area contributed by atoms with E-state index in [1.807, 2.05) is 44.2 Å². The van der Waals surface area contributed by atoms with Crippen LogP contribution in [0.4, 0.5) is 0 Å². The third kappa shape index (κ3) is 7.33. The smallest absolute Gasteiger partial charge is 0.253 e. The quantitative estimate of drug-likeness (QED) is 0.364. The first-order chi connectivity index (χ1) is 23.2. The maximum Gasteiger partial charge on any atom is 0.253 e. The van der Waals surface area contributed by atoms with E-state index in [9.17, 15) is 14.4 Å². The number of nitrogens with zero attached hydrogens (tertiary/aromatic N) is 2. The van der Waals surface area contributed by atoms with Crippen LogP contribution >= 0.6 is 0 Å². The van der Waals surface area contributed by atoms with Crippen LogP contribution in [0.25, 0.3) is 11.1 Å². The molecule has 3 N–H and O–H groups in total. The molecule has 0 unspecified atom stereocenters. The minimum Gasteiger partial charge on any atom is -0.493 e. The van der Waals surface area contributed by atoms with Gasteiger partial charge in [0.25, 0.3) is 5.91 Å². The molecule has 3 heterocycles. The third-order valence-corrected chi connectivity index (χ3v) is 8.86. The number of fused-ring (bicyclic) bond motifs is 6. The molecule has 1 saturated carbocycles. The minimum absolute atomic E-state index is 0.156. The van der Waals surface area contributed by atoms with Gasteiger partial charge in [0.15, 0.2) is 23.0 Å². The molecule has 3 aliphatic rings. The SMILES string of the molecule is COc1cc2cc(c1OC)-c1cncc(c1)C(=O)NC1(CC1)C(=O)N[C@H](CC(C)C)C(=O)NCCN(Cc1ccc3c(c1)OCCO3)C2.